The standard InChI is InChI=1S/C24H33N3O/c1-26(2)23(28)25-22-15-24(21-6-4-3-5-20(21)22)9-11-27(12-10-24)16-19-14-17-7-8-18(19)13-17/h3-8,17-19,22H,9-16H2,1-2H3,(H,25,28)/t17-,18-,19-,22-/m0/s1. The summed E-state index contributed by atoms with van der Waals surface area (Å²) in [5.41, 5.74) is 3.07. The summed E-state index contributed by atoms with van der Waals surface area (Å²) in [7, 11) is 3.63. The van der Waals surface area contributed by atoms with Gasteiger partial charge < -0.3 is 15.1 Å². The molecule has 1 aromatic carbocycles. The van der Waals surface area contributed by atoms with Crippen LogP contribution in [0.15, 0.2) is 36.4 Å². The predicted molar refractivity (Wildman–Crippen MR) is 112 cm³/mol. The van der Waals surface area contributed by atoms with Gasteiger partial charge in [-0.1, -0.05) is 36.4 Å². The number of piperidine rings is 1. The summed E-state index contributed by atoms with van der Waals surface area (Å²) in [4.78, 5) is 16.6. The summed E-state index contributed by atoms with van der Waals surface area (Å²) in [5, 5.41) is 3.26. The molecule has 0 aromatic heterocycles. The van der Waals surface area contributed by atoms with E-state index in [1.807, 2.05) is 14.1 Å². The summed E-state index contributed by atoms with van der Waals surface area (Å²) < 4.78 is 0. The number of carbonyl (C=O) groups is 1. The molecule has 1 aliphatic heterocycles. The molecule has 1 saturated heterocycles. The number of likely N-dealkylation sites (tertiary alicyclic amines) is 1. The Morgan fingerprint density at radius 1 is 1.18 bits per heavy atom. The van der Waals surface area contributed by atoms with Gasteiger partial charge >= 0.3 is 6.03 Å². The minimum Gasteiger partial charge on any atom is -0.331 e. The average molecular weight is 380 g/mol. The van der Waals surface area contributed by atoms with Crippen molar-refractivity contribution >= 4 is 6.03 Å². The van der Waals surface area contributed by atoms with Crippen LogP contribution in [0.4, 0.5) is 4.79 Å². The van der Waals surface area contributed by atoms with E-state index in [1.54, 1.807) is 4.90 Å². The summed E-state index contributed by atoms with van der Waals surface area (Å²) in [6.07, 6.45) is 11.2. The SMILES string of the molecule is CN(C)C(=O)N[C@H]1CC2(CCN(C[C@@H]3C[C@H]4C=C[C@H]3C4)CC2)c2ccccc21. The van der Waals surface area contributed by atoms with E-state index in [1.165, 1.54) is 56.4 Å². The second-order valence-electron chi connectivity index (χ2n) is 9.81. The van der Waals surface area contributed by atoms with Crippen molar-refractivity contribution in [2.75, 3.05) is 33.7 Å². The number of carbonyl (C=O) groups excluding carboxylic acids is 1. The zero-order chi connectivity index (χ0) is 19.3. The Hall–Kier alpha value is -1.81. The minimum absolute atomic E-state index is 0.0126. The topological polar surface area (TPSA) is 35.6 Å². The molecule has 1 spiro atoms. The van der Waals surface area contributed by atoms with Crippen LogP contribution in [0, 0.1) is 17.8 Å². The maximum Gasteiger partial charge on any atom is 0.317 e. The molecule has 1 aromatic rings. The molecule has 150 valence electrons. The van der Waals surface area contributed by atoms with E-state index in [9.17, 15) is 4.79 Å². The summed E-state index contributed by atoms with van der Waals surface area (Å²) >= 11 is 0. The quantitative estimate of drug-likeness (QED) is 0.807. The van der Waals surface area contributed by atoms with Gasteiger partial charge in [0.1, 0.15) is 0 Å². The molecule has 2 fully saturated rings. The highest BCUT2D eigenvalue weighted by Crippen LogP contribution is 2.51. The molecule has 3 aliphatic carbocycles. The van der Waals surface area contributed by atoms with Gasteiger partial charge in [-0.15, -0.1) is 0 Å². The molecule has 4 nitrogen and oxygen atoms in total. The lowest BCUT2D eigenvalue weighted by molar-refractivity contribution is 0.128. The van der Waals surface area contributed by atoms with E-state index < -0.39 is 0 Å². The fourth-order valence-electron chi connectivity index (χ4n) is 6.37. The molecule has 4 heteroatoms. The Kier molecular flexibility index (Phi) is 4.50. The number of allylic oxidation sites excluding steroid dienone is 2. The van der Waals surface area contributed by atoms with Gasteiger partial charge in [-0.25, -0.2) is 4.79 Å². The smallest absolute Gasteiger partial charge is 0.317 e. The van der Waals surface area contributed by atoms with Crippen molar-refractivity contribution in [1.82, 2.24) is 15.1 Å². The molecular formula is C24H33N3O. The predicted octanol–water partition coefficient (Wildman–Crippen LogP) is 3.95. The molecule has 1 heterocycles. The number of hydrogen-bond acceptors (Lipinski definition) is 2. The molecule has 1 saturated carbocycles. The lowest BCUT2D eigenvalue weighted by Crippen LogP contribution is -2.44. The van der Waals surface area contributed by atoms with E-state index in [4.69, 9.17) is 0 Å². The van der Waals surface area contributed by atoms with Crippen molar-refractivity contribution in [3.8, 4) is 0 Å². The maximum absolute atomic E-state index is 12.3. The molecule has 2 amide bonds. The Labute approximate surface area is 169 Å². The van der Waals surface area contributed by atoms with Crippen molar-refractivity contribution < 1.29 is 4.79 Å². The number of hydrogen-bond donors (Lipinski definition) is 1. The number of nitrogens with zero attached hydrogens (tertiary/aromatic N) is 2. The van der Waals surface area contributed by atoms with Crippen LogP contribution in [0.2, 0.25) is 0 Å². The van der Waals surface area contributed by atoms with Crippen molar-refractivity contribution in [3.05, 3.63) is 47.5 Å². The van der Waals surface area contributed by atoms with Crippen LogP contribution in [0.1, 0.15) is 49.3 Å². The summed E-state index contributed by atoms with van der Waals surface area (Å²) in [6.45, 7) is 3.67. The Morgan fingerprint density at radius 2 is 1.96 bits per heavy atom. The molecule has 0 unspecified atom stereocenters. The van der Waals surface area contributed by atoms with Crippen LogP contribution >= 0.6 is 0 Å². The third kappa shape index (κ3) is 3.06. The number of fused-ring (bicyclic) bond motifs is 4. The minimum atomic E-state index is 0.0126. The zero-order valence-corrected chi connectivity index (χ0v) is 17.2. The Bertz CT molecular complexity index is 778. The Balaban J connectivity index is 1.27. The molecule has 0 radical (unpaired) electrons. The van der Waals surface area contributed by atoms with Crippen molar-refractivity contribution in [2.24, 2.45) is 17.8 Å². The fraction of sp³-hybridized carbons (Fsp3) is 0.625. The number of rotatable bonds is 3. The zero-order valence-electron chi connectivity index (χ0n) is 17.2. The van der Waals surface area contributed by atoms with Gasteiger partial charge in [-0.3, -0.25) is 0 Å². The van der Waals surface area contributed by atoms with Crippen LogP contribution in [-0.2, 0) is 5.41 Å². The largest absolute Gasteiger partial charge is 0.331 e. The second kappa shape index (κ2) is 6.91. The van der Waals surface area contributed by atoms with Crippen LogP contribution in [0.3, 0.4) is 0 Å². The van der Waals surface area contributed by atoms with Crippen molar-refractivity contribution in [2.45, 2.75) is 43.6 Å². The molecule has 2 bridgehead atoms. The third-order valence-electron chi connectivity index (χ3n) is 7.93. The first-order valence-corrected chi connectivity index (χ1v) is 11.0. The fourth-order valence-corrected chi connectivity index (χ4v) is 6.37. The van der Waals surface area contributed by atoms with Gasteiger partial charge in [0.2, 0.25) is 0 Å². The lowest BCUT2D eigenvalue weighted by atomic mass is 9.73. The summed E-state index contributed by atoms with van der Waals surface area (Å²) in [6, 6.07) is 8.98. The first kappa shape index (κ1) is 18.2. The summed E-state index contributed by atoms with van der Waals surface area (Å²) in [5.74, 6) is 2.60. The monoisotopic (exact) mass is 379 g/mol. The average Bonchev–Trinajstić information content (AvgIpc) is 3.39. The molecule has 1 N–H and O–H groups in total. The number of benzene rings is 1. The van der Waals surface area contributed by atoms with Gasteiger partial charge in [0, 0.05) is 26.1 Å². The van der Waals surface area contributed by atoms with Crippen LogP contribution in [-0.4, -0.2) is 49.6 Å². The van der Waals surface area contributed by atoms with Gasteiger partial charge in [0.15, 0.2) is 0 Å². The molecule has 4 aliphatic rings. The normalized spacial score (nSPS) is 32.6. The highest BCUT2D eigenvalue weighted by Gasteiger charge is 2.46. The number of urea groups is 1. The van der Waals surface area contributed by atoms with E-state index in [-0.39, 0.29) is 17.5 Å². The lowest BCUT2D eigenvalue weighted by Gasteiger charge is -2.41. The van der Waals surface area contributed by atoms with E-state index in [0.717, 1.165) is 24.2 Å². The van der Waals surface area contributed by atoms with E-state index >= 15 is 0 Å². The second-order valence-corrected chi connectivity index (χ2v) is 9.81. The molecule has 28 heavy (non-hydrogen) atoms. The van der Waals surface area contributed by atoms with Gasteiger partial charge in [-0.2, -0.15) is 0 Å². The maximum atomic E-state index is 12.3. The molecule has 5 rings (SSSR count). The Morgan fingerprint density at radius 3 is 2.64 bits per heavy atom. The highest BCUT2D eigenvalue weighted by molar-refractivity contribution is 5.74. The number of nitrogens with one attached hydrogen (secondary N) is 1. The van der Waals surface area contributed by atoms with Crippen LogP contribution in [0.25, 0.3) is 0 Å². The molecule has 4 atom stereocenters. The first-order chi connectivity index (χ1) is 13.5. The first-order valence-electron chi connectivity index (χ1n) is 11.0. The number of amides is 2. The van der Waals surface area contributed by atoms with Gasteiger partial charge in [0.25, 0.3) is 0 Å². The van der Waals surface area contributed by atoms with Crippen molar-refractivity contribution in [1.29, 1.82) is 0 Å². The van der Waals surface area contributed by atoms with Crippen LogP contribution < -0.4 is 5.32 Å². The van der Waals surface area contributed by atoms with E-state index in [0.29, 0.717) is 0 Å². The highest BCUT2D eigenvalue weighted by atomic mass is 16.2. The van der Waals surface area contributed by atoms with Crippen molar-refractivity contribution in [3.63, 3.8) is 0 Å². The molecular weight excluding hydrogens is 346 g/mol. The third-order valence-corrected chi connectivity index (χ3v) is 7.93. The van der Waals surface area contributed by atoms with E-state index in [2.05, 4.69) is 46.6 Å². The van der Waals surface area contributed by atoms with Crippen LogP contribution in [0.5, 0.6) is 0 Å². The van der Waals surface area contributed by atoms with Gasteiger partial charge in [-0.05, 0) is 74.1 Å². The van der Waals surface area contributed by atoms with Gasteiger partial charge in [0.05, 0.1) is 6.04 Å².